The van der Waals surface area contributed by atoms with Crippen molar-refractivity contribution in [2.45, 2.75) is 59.5 Å². The molecular formula is C12H22O4. The molecule has 0 amide bonds. The van der Waals surface area contributed by atoms with Crippen molar-refractivity contribution in [3.05, 3.63) is 0 Å². The molecule has 0 unspecified atom stereocenters. The van der Waals surface area contributed by atoms with Crippen LogP contribution in [0.4, 0.5) is 0 Å². The number of aliphatic carboxylic acids is 1. The van der Waals surface area contributed by atoms with Gasteiger partial charge < -0.3 is 9.84 Å². The first-order valence-corrected chi connectivity index (χ1v) is 5.45. The van der Waals surface area contributed by atoms with E-state index in [1.807, 2.05) is 34.6 Å². The average Bonchev–Trinajstić information content (AvgIpc) is 1.95. The molecule has 0 saturated carbocycles. The molecule has 16 heavy (non-hydrogen) atoms. The zero-order valence-electron chi connectivity index (χ0n) is 10.8. The fourth-order valence-corrected chi connectivity index (χ4v) is 1.33. The Hall–Kier alpha value is -1.06. The zero-order valence-corrected chi connectivity index (χ0v) is 10.8. The highest BCUT2D eigenvalue weighted by Crippen LogP contribution is 2.27. The predicted molar refractivity (Wildman–Crippen MR) is 61.1 cm³/mol. The van der Waals surface area contributed by atoms with E-state index in [0.717, 1.165) is 0 Å². The third-order valence-electron chi connectivity index (χ3n) is 2.06. The lowest BCUT2D eigenvalue weighted by Crippen LogP contribution is -2.25. The van der Waals surface area contributed by atoms with Crippen molar-refractivity contribution in [3.8, 4) is 0 Å². The lowest BCUT2D eigenvalue weighted by atomic mass is 9.84. The summed E-state index contributed by atoms with van der Waals surface area (Å²) in [4.78, 5) is 22.0. The van der Waals surface area contributed by atoms with E-state index in [9.17, 15) is 9.59 Å². The molecule has 0 spiro atoms. The molecule has 0 atom stereocenters. The molecule has 4 nitrogen and oxygen atoms in total. The first-order chi connectivity index (χ1) is 7.02. The van der Waals surface area contributed by atoms with Gasteiger partial charge in [0.25, 0.3) is 0 Å². The molecule has 94 valence electrons. The van der Waals surface area contributed by atoms with Gasteiger partial charge in [-0.3, -0.25) is 9.59 Å². The van der Waals surface area contributed by atoms with Crippen LogP contribution in [-0.4, -0.2) is 22.6 Å². The Morgan fingerprint density at radius 2 is 1.62 bits per heavy atom. The number of carbonyl (C=O) groups excluding carboxylic acids is 1. The third-order valence-corrected chi connectivity index (χ3v) is 2.06. The number of hydrogen-bond acceptors (Lipinski definition) is 3. The molecule has 0 rings (SSSR count). The van der Waals surface area contributed by atoms with E-state index in [1.165, 1.54) is 0 Å². The van der Waals surface area contributed by atoms with Crippen LogP contribution in [0.2, 0.25) is 0 Å². The first-order valence-electron chi connectivity index (χ1n) is 5.45. The Morgan fingerprint density at radius 3 is 2.00 bits per heavy atom. The van der Waals surface area contributed by atoms with E-state index < -0.39 is 11.6 Å². The van der Waals surface area contributed by atoms with Crippen LogP contribution < -0.4 is 0 Å². The Bertz CT molecular complexity index is 261. The van der Waals surface area contributed by atoms with Crippen LogP contribution in [0.25, 0.3) is 0 Å². The van der Waals surface area contributed by atoms with Crippen molar-refractivity contribution in [1.29, 1.82) is 0 Å². The number of rotatable bonds is 5. The van der Waals surface area contributed by atoms with Gasteiger partial charge in [-0.15, -0.1) is 0 Å². The van der Waals surface area contributed by atoms with Gasteiger partial charge in [0.15, 0.2) is 0 Å². The maximum atomic E-state index is 11.4. The molecule has 0 heterocycles. The maximum absolute atomic E-state index is 11.4. The van der Waals surface area contributed by atoms with Gasteiger partial charge in [-0.2, -0.15) is 0 Å². The molecule has 0 radical (unpaired) electrons. The summed E-state index contributed by atoms with van der Waals surface area (Å²) in [5.41, 5.74) is -0.850. The molecule has 0 fully saturated rings. The highest BCUT2D eigenvalue weighted by atomic mass is 16.6. The summed E-state index contributed by atoms with van der Waals surface area (Å²) >= 11 is 0. The summed E-state index contributed by atoms with van der Waals surface area (Å²) in [5.74, 6) is -1.11. The van der Waals surface area contributed by atoms with Crippen LogP contribution in [0, 0.1) is 5.41 Å². The standard InChI is InChI=1S/C12H22O4/c1-11(2,3)16-10(15)6-7-12(4,5)8-9(13)14/h6-8H2,1-5H3,(H,13,14). The van der Waals surface area contributed by atoms with E-state index in [4.69, 9.17) is 9.84 Å². The molecule has 0 bridgehead atoms. The Kier molecular flexibility index (Phi) is 4.97. The van der Waals surface area contributed by atoms with Gasteiger partial charge in [-0.05, 0) is 32.6 Å². The van der Waals surface area contributed by atoms with Crippen LogP contribution in [0.5, 0.6) is 0 Å². The number of ether oxygens (including phenoxy) is 1. The molecule has 4 heteroatoms. The highest BCUT2D eigenvalue weighted by Gasteiger charge is 2.24. The molecule has 0 aromatic rings. The fraction of sp³-hybridized carbons (Fsp3) is 0.833. The molecule has 1 N–H and O–H groups in total. The van der Waals surface area contributed by atoms with Crippen LogP contribution >= 0.6 is 0 Å². The Morgan fingerprint density at radius 1 is 1.12 bits per heavy atom. The van der Waals surface area contributed by atoms with Crippen molar-refractivity contribution >= 4 is 11.9 Å². The second-order valence-corrected chi connectivity index (χ2v) is 5.82. The van der Waals surface area contributed by atoms with E-state index in [0.29, 0.717) is 6.42 Å². The lowest BCUT2D eigenvalue weighted by Gasteiger charge is -2.24. The van der Waals surface area contributed by atoms with Crippen molar-refractivity contribution < 1.29 is 19.4 Å². The predicted octanol–water partition coefficient (Wildman–Crippen LogP) is 2.61. The SMILES string of the molecule is CC(C)(CCC(=O)OC(C)(C)C)CC(=O)O. The maximum Gasteiger partial charge on any atom is 0.306 e. The fourth-order valence-electron chi connectivity index (χ4n) is 1.33. The number of hydrogen-bond donors (Lipinski definition) is 1. The van der Waals surface area contributed by atoms with Gasteiger partial charge >= 0.3 is 11.9 Å². The monoisotopic (exact) mass is 230 g/mol. The summed E-state index contributed by atoms with van der Waals surface area (Å²) in [6.07, 6.45) is 0.849. The topological polar surface area (TPSA) is 63.6 Å². The van der Waals surface area contributed by atoms with Crippen molar-refractivity contribution in [2.24, 2.45) is 5.41 Å². The van der Waals surface area contributed by atoms with Crippen molar-refractivity contribution in [2.75, 3.05) is 0 Å². The Balaban J connectivity index is 4.05. The summed E-state index contributed by atoms with van der Waals surface area (Å²) in [7, 11) is 0. The van der Waals surface area contributed by atoms with Crippen LogP contribution in [0.3, 0.4) is 0 Å². The summed E-state index contributed by atoms with van der Waals surface area (Å²) < 4.78 is 5.15. The van der Waals surface area contributed by atoms with Crippen LogP contribution in [0.15, 0.2) is 0 Å². The molecule has 0 saturated heterocycles. The molecule has 0 aliphatic carbocycles. The normalized spacial score (nSPS) is 12.3. The van der Waals surface area contributed by atoms with Gasteiger partial charge in [-0.1, -0.05) is 13.8 Å². The largest absolute Gasteiger partial charge is 0.481 e. The number of carboxylic acid groups (broad SMARTS) is 1. The van der Waals surface area contributed by atoms with E-state index >= 15 is 0 Å². The van der Waals surface area contributed by atoms with E-state index in [1.54, 1.807) is 0 Å². The van der Waals surface area contributed by atoms with Crippen molar-refractivity contribution in [3.63, 3.8) is 0 Å². The second-order valence-electron chi connectivity index (χ2n) is 5.82. The number of carbonyl (C=O) groups is 2. The van der Waals surface area contributed by atoms with Crippen LogP contribution in [0.1, 0.15) is 53.9 Å². The van der Waals surface area contributed by atoms with E-state index in [2.05, 4.69) is 0 Å². The lowest BCUT2D eigenvalue weighted by molar-refractivity contribution is -0.156. The summed E-state index contributed by atoms with van der Waals surface area (Å²) in [6.45, 7) is 9.12. The average molecular weight is 230 g/mol. The molecular weight excluding hydrogens is 208 g/mol. The molecule has 0 aliphatic heterocycles. The number of esters is 1. The van der Waals surface area contributed by atoms with Gasteiger partial charge in [-0.25, -0.2) is 0 Å². The zero-order chi connectivity index (χ0) is 13.0. The minimum Gasteiger partial charge on any atom is -0.481 e. The molecule has 0 aromatic carbocycles. The molecule has 0 aliphatic rings. The molecule has 0 aromatic heterocycles. The second kappa shape index (κ2) is 5.32. The smallest absolute Gasteiger partial charge is 0.306 e. The van der Waals surface area contributed by atoms with Gasteiger partial charge in [0, 0.05) is 6.42 Å². The Labute approximate surface area is 97.0 Å². The van der Waals surface area contributed by atoms with Gasteiger partial charge in [0.1, 0.15) is 5.60 Å². The first kappa shape index (κ1) is 14.9. The summed E-state index contributed by atoms with van der Waals surface area (Å²) in [5, 5.41) is 8.68. The minimum atomic E-state index is -0.839. The summed E-state index contributed by atoms with van der Waals surface area (Å²) in [6, 6.07) is 0. The van der Waals surface area contributed by atoms with Crippen molar-refractivity contribution in [1.82, 2.24) is 0 Å². The quantitative estimate of drug-likeness (QED) is 0.737. The van der Waals surface area contributed by atoms with Gasteiger partial charge in [0.2, 0.25) is 0 Å². The van der Waals surface area contributed by atoms with Gasteiger partial charge in [0.05, 0.1) is 6.42 Å². The van der Waals surface area contributed by atoms with E-state index in [-0.39, 0.29) is 24.2 Å². The minimum absolute atomic E-state index is 0.0653. The number of carboxylic acids is 1. The highest BCUT2D eigenvalue weighted by molar-refractivity contribution is 5.70. The van der Waals surface area contributed by atoms with Crippen LogP contribution in [-0.2, 0) is 14.3 Å². The third kappa shape index (κ3) is 8.26.